The number of methoxy groups -OCH3 is 1. The maximum absolute atomic E-state index is 12.3. The van der Waals surface area contributed by atoms with E-state index < -0.39 is 12.2 Å². The van der Waals surface area contributed by atoms with Crippen LogP contribution in [0.3, 0.4) is 0 Å². The molecular formula is C27H35NO4. The number of amides is 1. The van der Waals surface area contributed by atoms with Gasteiger partial charge in [0, 0.05) is 11.6 Å². The van der Waals surface area contributed by atoms with E-state index in [4.69, 9.17) is 9.47 Å². The molecule has 5 heteroatoms. The van der Waals surface area contributed by atoms with Crippen molar-refractivity contribution in [2.24, 2.45) is 17.3 Å². The van der Waals surface area contributed by atoms with Crippen LogP contribution in [0.2, 0.25) is 0 Å². The minimum absolute atomic E-state index is 0.159. The van der Waals surface area contributed by atoms with E-state index in [1.165, 1.54) is 17.6 Å². The molecular weight excluding hydrogens is 402 g/mol. The van der Waals surface area contributed by atoms with Crippen molar-refractivity contribution in [2.45, 2.75) is 59.0 Å². The molecule has 1 fully saturated rings. The molecule has 3 aliphatic carbocycles. The highest BCUT2D eigenvalue weighted by Gasteiger charge is 2.46. The molecule has 1 amide bonds. The summed E-state index contributed by atoms with van der Waals surface area (Å²) < 4.78 is 10.6. The summed E-state index contributed by atoms with van der Waals surface area (Å²) in [5.74, 6) is 1.41. The summed E-state index contributed by atoms with van der Waals surface area (Å²) >= 11 is 0. The van der Waals surface area contributed by atoms with Crippen LogP contribution in [0.1, 0.15) is 52.9 Å². The van der Waals surface area contributed by atoms with Crippen LogP contribution in [0.25, 0.3) is 0 Å². The number of hydrogen-bond acceptors (Lipinski definition) is 4. The molecule has 4 rings (SSSR count). The van der Waals surface area contributed by atoms with Gasteiger partial charge in [-0.2, -0.15) is 0 Å². The molecule has 3 aliphatic rings. The molecule has 0 saturated heterocycles. The molecule has 1 aromatic rings. The summed E-state index contributed by atoms with van der Waals surface area (Å²) in [7, 11) is 1.60. The topological polar surface area (TPSA) is 67.8 Å². The minimum atomic E-state index is -0.506. The Labute approximate surface area is 191 Å². The van der Waals surface area contributed by atoms with Gasteiger partial charge in [-0.3, -0.25) is 5.32 Å². The molecule has 1 aromatic carbocycles. The number of allylic oxidation sites excluding steroid dienone is 4. The summed E-state index contributed by atoms with van der Waals surface area (Å²) in [6.45, 7) is 7.12. The minimum Gasteiger partial charge on any atom is -0.497 e. The lowest BCUT2D eigenvalue weighted by molar-refractivity contribution is 0.0997. The fourth-order valence-corrected chi connectivity index (χ4v) is 5.61. The second-order valence-corrected chi connectivity index (χ2v) is 9.91. The fraction of sp³-hybridized carbons (Fsp3) is 0.519. The highest BCUT2D eigenvalue weighted by Crippen LogP contribution is 2.57. The van der Waals surface area contributed by atoms with E-state index in [2.05, 4.69) is 38.2 Å². The first kappa shape index (κ1) is 22.7. The van der Waals surface area contributed by atoms with E-state index in [-0.39, 0.29) is 17.9 Å². The molecule has 32 heavy (non-hydrogen) atoms. The Morgan fingerprint density at radius 1 is 1.22 bits per heavy atom. The van der Waals surface area contributed by atoms with Crippen molar-refractivity contribution in [2.75, 3.05) is 19.0 Å². The van der Waals surface area contributed by atoms with Crippen LogP contribution in [-0.2, 0) is 4.74 Å². The van der Waals surface area contributed by atoms with Crippen molar-refractivity contribution >= 4 is 11.8 Å². The average molecular weight is 438 g/mol. The third-order valence-electron chi connectivity index (χ3n) is 7.42. The number of carbonyl (C=O) groups is 1. The Hall–Kier alpha value is -2.53. The Bertz CT molecular complexity index is 956. The number of carbonyl (C=O) groups excluding carboxylic acids is 1. The van der Waals surface area contributed by atoms with Crippen LogP contribution in [0.5, 0.6) is 5.75 Å². The van der Waals surface area contributed by atoms with Gasteiger partial charge in [-0.1, -0.05) is 38.5 Å². The van der Waals surface area contributed by atoms with Gasteiger partial charge in [0.05, 0.1) is 13.2 Å². The smallest absolute Gasteiger partial charge is 0.411 e. The van der Waals surface area contributed by atoms with E-state index in [1.807, 2.05) is 0 Å². The zero-order valence-electron chi connectivity index (χ0n) is 19.6. The summed E-state index contributed by atoms with van der Waals surface area (Å²) in [6.07, 6.45) is 8.35. The zero-order valence-corrected chi connectivity index (χ0v) is 19.6. The van der Waals surface area contributed by atoms with Gasteiger partial charge in [-0.15, -0.1) is 0 Å². The van der Waals surface area contributed by atoms with Gasteiger partial charge in [-0.05, 0) is 84.4 Å². The van der Waals surface area contributed by atoms with Gasteiger partial charge in [0.1, 0.15) is 12.4 Å². The lowest BCUT2D eigenvalue weighted by atomic mass is 9.64. The molecule has 3 atom stereocenters. The summed E-state index contributed by atoms with van der Waals surface area (Å²) in [4.78, 5) is 12.3. The second-order valence-electron chi connectivity index (χ2n) is 9.91. The number of aliphatic hydroxyl groups is 1. The Balaban J connectivity index is 1.47. The summed E-state index contributed by atoms with van der Waals surface area (Å²) in [6, 6.07) is 7.10. The van der Waals surface area contributed by atoms with E-state index in [9.17, 15) is 9.90 Å². The molecule has 0 radical (unpaired) electrons. The lowest BCUT2D eigenvalue weighted by Crippen LogP contribution is -2.33. The third kappa shape index (κ3) is 4.49. The molecule has 0 bridgehead atoms. The maximum Gasteiger partial charge on any atom is 0.411 e. The first-order chi connectivity index (χ1) is 15.3. The van der Waals surface area contributed by atoms with Crippen LogP contribution >= 0.6 is 0 Å². The van der Waals surface area contributed by atoms with Gasteiger partial charge in [0.2, 0.25) is 0 Å². The summed E-state index contributed by atoms with van der Waals surface area (Å²) in [5.41, 5.74) is 6.18. The molecule has 5 nitrogen and oxygen atoms in total. The highest BCUT2D eigenvalue weighted by molar-refractivity contribution is 5.84. The molecule has 1 saturated carbocycles. The number of nitrogens with one attached hydrogen (secondary N) is 1. The summed E-state index contributed by atoms with van der Waals surface area (Å²) in [5, 5.41) is 13.8. The van der Waals surface area contributed by atoms with Crippen molar-refractivity contribution in [3.63, 3.8) is 0 Å². The fourth-order valence-electron chi connectivity index (χ4n) is 5.61. The predicted molar refractivity (Wildman–Crippen MR) is 127 cm³/mol. The van der Waals surface area contributed by atoms with Gasteiger partial charge < -0.3 is 14.6 Å². The Kier molecular flexibility index (Phi) is 6.47. The first-order valence-corrected chi connectivity index (χ1v) is 11.7. The van der Waals surface area contributed by atoms with Gasteiger partial charge >= 0.3 is 6.09 Å². The molecule has 0 heterocycles. The van der Waals surface area contributed by atoms with E-state index in [0.717, 1.165) is 30.6 Å². The second kappa shape index (κ2) is 9.14. The zero-order chi connectivity index (χ0) is 22.9. The monoisotopic (exact) mass is 437 g/mol. The van der Waals surface area contributed by atoms with Crippen LogP contribution in [0.15, 0.2) is 58.7 Å². The van der Waals surface area contributed by atoms with Gasteiger partial charge in [0.25, 0.3) is 0 Å². The van der Waals surface area contributed by atoms with E-state index in [0.29, 0.717) is 18.0 Å². The van der Waals surface area contributed by atoms with Crippen molar-refractivity contribution < 1.29 is 19.4 Å². The molecule has 0 spiro atoms. The quantitative estimate of drug-likeness (QED) is 0.591. The van der Waals surface area contributed by atoms with Crippen LogP contribution in [0, 0.1) is 17.3 Å². The van der Waals surface area contributed by atoms with Crippen LogP contribution in [0.4, 0.5) is 10.5 Å². The van der Waals surface area contributed by atoms with Crippen molar-refractivity contribution in [3.8, 4) is 5.75 Å². The van der Waals surface area contributed by atoms with Gasteiger partial charge in [-0.25, -0.2) is 4.79 Å². The SMILES string of the molecule is COc1ccc(NC(=O)OCC2=CC=C3C4=C(C(C)C)CCC4(C)CCC3C(O)C2)cc1. The molecule has 2 N–H and O–H groups in total. The number of benzene rings is 1. The number of aliphatic hydroxyl groups excluding tert-OH is 1. The highest BCUT2D eigenvalue weighted by atomic mass is 16.5. The number of rotatable bonds is 5. The number of fused-ring (bicyclic) bond motifs is 3. The van der Waals surface area contributed by atoms with Gasteiger partial charge in [0.15, 0.2) is 0 Å². The Morgan fingerprint density at radius 2 is 1.97 bits per heavy atom. The number of hydrogen-bond donors (Lipinski definition) is 2. The third-order valence-corrected chi connectivity index (χ3v) is 7.42. The van der Waals surface area contributed by atoms with Crippen LogP contribution in [-0.4, -0.2) is 31.0 Å². The standard InChI is InChI=1S/C27H35NO4/c1-17(2)21-11-13-27(3)14-12-22-23(25(21)27)10-5-18(15-24(22)29)16-32-26(30)28-19-6-8-20(31-4)9-7-19/h5-10,17,22,24,29H,11-16H2,1-4H3,(H,28,30). The molecule has 0 aromatic heterocycles. The Morgan fingerprint density at radius 3 is 2.66 bits per heavy atom. The maximum atomic E-state index is 12.3. The average Bonchev–Trinajstić information content (AvgIpc) is 3.05. The number of anilines is 1. The van der Waals surface area contributed by atoms with Crippen LogP contribution < -0.4 is 10.1 Å². The van der Waals surface area contributed by atoms with E-state index in [1.54, 1.807) is 36.9 Å². The first-order valence-electron chi connectivity index (χ1n) is 11.7. The van der Waals surface area contributed by atoms with Crippen molar-refractivity contribution in [3.05, 3.63) is 58.7 Å². The van der Waals surface area contributed by atoms with E-state index >= 15 is 0 Å². The normalized spacial score (nSPS) is 27.2. The largest absolute Gasteiger partial charge is 0.497 e. The number of ether oxygens (including phenoxy) is 2. The molecule has 0 aliphatic heterocycles. The van der Waals surface area contributed by atoms with Crippen molar-refractivity contribution in [1.29, 1.82) is 0 Å². The lowest BCUT2D eigenvalue weighted by Gasteiger charge is -2.41. The molecule has 172 valence electrons. The molecule has 3 unspecified atom stereocenters. The predicted octanol–water partition coefficient (Wildman–Crippen LogP) is 6.02. The van der Waals surface area contributed by atoms with Crippen molar-refractivity contribution in [1.82, 2.24) is 0 Å².